The number of nitrogen functional groups attached to an aromatic ring is 2. The van der Waals surface area contributed by atoms with Gasteiger partial charge in [-0.1, -0.05) is 6.92 Å². The van der Waals surface area contributed by atoms with Gasteiger partial charge >= 0.3 is 0 Å². The zero-order valence-electron chi connectivity index (χ0n) is 9.48. The summed E-state index contributed by atoms with van der Waals surface area (Å²) in [6.07, 6.45) is 3.84. The van der Waals surface area contributed by atoms with Crippen molar-refractivity contribution in [2.45, 2.75) is 19.8 Å². The molecule has 6 heteroatoms. The Morgan fingerprint density at radius 2 is 2.06 bits per heavy atom. The van der Waals surface area contributed by atoms with Crippen LogP contribution in [0.5, 0.6) is 0 Å². The summed E-state index contributed by atoms with van der Waals surface area (Å²) in [6.45, 7) is 4.26. The van der Waals surface area contributed by atoms with Crippen molar-refractivity contribution in [1.29, 1.82) is 0 Å². The monoisotopic (exact) mass is 222 g/mol. The second-order valence-corrected chi connectivity index (χ2v) is 4.27. The SMILES string of the molecule is CC1CCN(c2ncnc(NN)c2N)CC1. The van der Waals surface area contributed by atoms with E-state index in [4.69, 9.17) is 11.6 Å². The van der Waals surface area contributed by atoms with E-state index in [-0.39, 0.29) is 0 Å². The molecule has 1 aliphatic rings. The number of hydrogen-bond donors (Lipinski definition) is 3. The Labute approximate surface area is 95.0 Å². The average molecular weight is 222 g/mol. The fourth-order valence-electron chi connectivity index (χ4n) is 1.97. The highest BCUT2D eigenvalue weighted by Crippen LogP contribution is 2.28. The molecule has 0 saturated carbocycles. The van der Waals surface area contributed by atoms with E-state index < -0.39 is 0 Å². The summed E-state index contributed by atoms with van der Waals surface area (Å²) < 4.78 is 0. The lowest BCUT2D eigenvalue weighted by atomic mass is 9.99. The van der Waals surface area contributed by atoms with E-state index in [1.54, 1.807) is 0 Å². The zero-order chi connectivity index (χ0) is 11.5. The van der Waals surface area contributed by atoms with Crippen LogP contribution in [0.3, 0.4) is 0 Å². The van der Waals surface area contributed by atoms with E-state index in [1.165, 1.54) is 19.2 Å². The smallest absolute Gasteiger partial charge is 0.168 e. The first-order valence-electron chi connectivity index (χ1n) is 5.54. The van der Waals surface area contributed by atoms with E-state index in [9.17, 15) is 0 Å². The van der Waals surface area contributed by atoms with Crippen LogP contribution in [-0.4, -0.2) is 23.1 Å². The summed E-state index contributed by atoms with van der Waals surface area (Å²) in [6, 6.07) is 0. The van der Waals surface area contributed by atoms with Gasteiger partial charge < -0.3 is 16.1 Å². The third-order valence-corrected chi connectivity index (χ3v) is 3.08. The van der Waals surface area contributed by atoms with Crippen LogP contribution in [0.1, 0.15) is 19.8 Å². The topological polar surface area (TPSA) is 93.1 Å². The first-order chi connectivity index (χ1) is 7.72. The van der Waals surface area contributed by atoms with E-state index in [0.717, 1.165) is 24.8 Å². The molecule has 1 fully saturated rings. The molecule has 0 aromatic carbocycles. The third-order valence-electron chi connectivity index (χ3n) is 3.08. The van der Waals surface area contributed by atoms with Crippen molar-refractivity contribution in [3.05, 3.63) is 6.33 Å². The zero-order valence-corrected chi connectivity index (χ0v) is 9.48. The number of nitrogens with one attached hydrogen (secondary N) is 1. The molecule has 6 nitrogen and oxygen atoms in total. The number of nitrogens with two attached hydrogens (primary N) is 2. The fraction of sp³-hybridized carbons (Fsp3) is 0.600. The maximum atomic E-state index is 5.95. The molecule has 2 rings (SSSR count). The Morgan fingerprint density at radius 3 is 2.69 bits per heavy atom. The number of aromatic nitrogens is 2. The molecule has 88 valence electrons. The third kappa shape index (κ3) is 2.01. The summed E-state index contributed by atoms with van der Waals surface area (Å²) in [4.78, 5) is 10.4. The molecule has 0 spiro atoms. The number of anilines is 3. The average Bonchev–Trinajstić information content (AvgIpc) is 2.31. The molecule has 1 aliphatic heterocycles. The summed E-state index contributed by atoms with van der Waals surface area (Å²) in [7, 11) is 0. The molecule has 0 radical (unpaired) electrons. The molecule has 0 unspecified atom stereocenters. The van der Waals surface area contributed by atoms with Crippen LogP contribution in [0.15, 0.2) is 6.33 Å². The van der Waals surface area contributed by atoms with Crippen LogP contribution < -0.4 is 21.9 Å². The van der Waals surface area contributed by atoms with Gasteiger partial charge in [-0.2, -0.15) is 0 Å². The normalized spacial score (nSPS) is 17.5. The first-order valence-corrected chi connectivity index (χ1v) is 5.54. The molecule has 1 saturated heterocycles. The van der Waals surface area contributed by atoms with Crippen LogP contribution in [0.2, 0.25) is 0 Å². The van der Waals surface area contributed by atoms with Gasteiger partial charge in [0.1, 0.15) is 12.0 Å². The van der Waals surface area contributed by atoms with Gasteiger partial charge in [-0.25, -0.2) is 15.8 Å². The highest BCUT2D eigenvalue weighted by Gasteiger charge is 2.20. The minimum absolute atomic E-state index is 0.489. The van der Waals surface area contributed by atoms with Crippen molar-refractivity contribution in [2.75, 3.05) is 29.1 Å². The Hall–Kier alpha value is -1.56. The van der Waals surface area contributed by atoms with Gasteiger partial charge in [0.15, 0.2) is 11.6 Å². The number of hydrogen-bond acceptors (Lipinski definition) is 6. The molecular formula is C10H18N6. The Balaban J connectivity index is 2.20. The fourth-order valence-corrected chi connectivity index (χ4v) is 1.97. The van der Waals surface area contributed by atoms with E-state index in [2.05, 4.69) is 27.2 Å². The van der Waals surface area contributed by atoms with Gasteiger partial charge in [0, 0.05) is 13.1 Å². The van der Waals surface area contributed by atoms with E-state index >= 15 is 0 Å². The maximum absolute atomic E-state index is 5.95. The second kappa shape index (κ2) is 4.52. The largest absolute Gasteiger partial charge is 0.393 e. The molecule has 1 aromatic heterocycles. The van der Waals surface area contributed by atoms with Gasteiger partial charge in [0.05, 0.1) is 0 Å². The highest BCUT2D eigenvalue weighted by atomic mass is 15.3. The molecule has 5 N–H and O–H groups in total. The molecule has 16 heavy (non-hydrogen) atoms. The van der Waals surface area contributed by atoms with Crippen LogP contribution >= 0.6 is 0 Å². The number of hydrazine groups is 1. The predicted octanol–water partition coefficient (Wildman–Crippen LogP) is 0.581. The first kappa shape index (κ1) is 10.9. The second-order valence-electron chi connectivity index (χ2n) is 4.27. The molecule has 0 amide bonds. The van der Waals surface area contributed by atoms with Gasteiger partial charge in [-0.05, 0) is 18.8 Å². The Bertz CT molecular complexity index is 358. The summed E-state index contributed by atoms with van der Waals surface area (Å²) in [5.74, 6) is 7.39. The molecular weight excluding hydrogens is 204 g/mol. The standard InChI is InChI=1S/C10H18N6/c1-7-2-4-16(5-3-7)10-8(11)9(15-12)13-6-14-10/h6-7H,2-5,11-12H2,1H3,(H,13,14,15). The number of nitrogens with zero attached hydrogens (tertiary/aromatic N) is 3. The Morgan fingerprint density at radius 1 is 1.38 bits per heavy atom. The van der Waals surface area contributed by atoms with Crippen molar-refractivity contribution < 1.29 is 0 Å². The lowest BCUT2D eigenvalue weighted by Crippen LogP contribution is -2.34. The minimum Gasteiger partial charge on any atom is -0.393 e. The van der Waals surface area contributed by atoms with Gasteiger partial charge in [-0.3, -0.25) is 0 Å². The summed E-state index contributed by atoms with van der Waals surface area (Å²) in [5, 5.41) is 0. The lowest BCUT2D eigenvalue weighted by molar-refractivity contribution is 0.437. The highest BCUT2D eigenvalue weighted by molar-refractivity contribution is 5.74. The van der Waals surface area contributed by atoms with E-state index in [0.29, 0.717) is 11.5 Å². The molecule has 0 aliphatic carbocycles. The lowest BCUT2D eigenvalue weighted by Gasteiger charge is -2.31. The number of piperidine rings is 1. The minimum atomic E-state index is 0.489. The molecule has 2 heterocycles. The maximum Gasteiger partial charge on any atom is 0.168 e. The van der Waals surface area contributed by atoms with Gasteiger partial charge in [0.2, 0.25) is 0 Å². The van der Waals surface area contributed by atoms with Crippen LogP contribution in [-0.2, 0) is 0 Å². The van der Waals surface area contributed by atoms with Crippen LogP contribution in [0.4, 0.5) is 17.3 Å². The van der Waals surface area contributed by atoms with Crippen molar-refractivity contribution in [3.8, 4) is 0 Å². The van der Waals surface area contributed by atoms with Crippen LogP contribution in [0.25, 0.3) is 0 Å². The summed E-state index contributed by atoms with van der Waals surface area (Å²) >= 11 is 0. The molecule has 0 atom stereocenters. The van der Waals surface area contributed by atoms with Crippen molar-refractivity contribution in [1.82, 2.24) is 9.97 Å². The van der Waals surface area contributed by atoms with Crippen molar-refractivity contribution in [3.63, 3.8) is 0 Å². The Kier molecular flexibility index (Phi) is 3.09. The van der Waals surface area contributed by atoms with Crippen molar-refractivity contribution in [2.24, 2.45) is 11.8 Å². The quantitative estimate of drug-likeness (QED) is 0.500. The van der Waals surface area contributed by atoms with Gasteiger partial charge in [-0.15, -0.1) is 0 Å². The molecule has 1 aromatic rings. The van der Waals surface area contributed by atoms with Crippen LogP contribution in [0, 0.1) is 5.92 Å². The van der Waals surface area contributed by atoms with Crippen molar-refractivity contribution >= 4 is 17.3 Å². The number of rotatable bonds is 2. The molecule has 0 bridgehead atoms. The summed E-state index contributed by atoms with van der Waals surface area (Å²) in [5.41, 5.74) is 8.96. The predicted molar refractivity (Wildman–Crippen MR) is 64.9 cm³/mol. The van der Waals surface area contributed by atoms with E-state index in [1.807, 2.05) is 0 Å². The van der Waals surface area contributed by atoms with Gasteiger partial charge in [0.25, 0.3) is 0 Å².